The number of hydrogen-bond donors (Lipinski definition) is 3. The highest BCUT2D eigenvalue weighted by molar-refractivity contribution is 7.84. The van der Waals surface area contributed by atoms with E-state index in [0.717, 1.165) is 0 Å². The van der Waals surface area contributed by atoms with Crippen molar-refractivity contribution in [3.8, 4) is 0 Å². The third-order valence-corrected chi connectivity index (χ3v) is 2.48. The molecule has 1 rings (SSSR count). The summed E-state index contributed by atoms with van der Waals surface area (Å²) in [5.74, 6) is -1.04. The Balaban J connectivity index is 2.56. The third-order valence-electron chi connectivity index (χ3n) is 2.19. The van der Waals surface area contributed by atoms with E-state index in [-0.39, 0.29) is 24.7 Å². The predicted octanol–water partition coefficient (Wildman–Crippen LogP) is 2.27. The normalized spacial score (nSPS) is 11.0. The number of benzene rings is 1. The lowest BCUT2D eigenvalue weighted by Gasteiger charge is -2.07. The molecule has 0 bridgehead atoms. The maximum atomic E-state index is 13.3. The lowest BCUT2D eigenvalue weighted by Crippen LogP contribution is -2.17. The van der Waals surface area contributed by atoms with E-state index in [9.17, 15) is 9.18 Å². The fourth-order valence-corrected chi connectivity index (χ4v) is 1.49. The molecule has 0 aromatic heterocycles. The van der Waals surface area contributed by atoms with E-state index in [2.05, 4.69) is 22.7 Å². The first kappa shape index (κ1) is 15.2. The first-order chi connectivity index (χ1) is 9.04. The topological polar surface area (TPSA) is 62.2 Å². The second-order valence-electron chi connectivity index (χ2n) is 3.61. The molecule has 6 heteroatoms. The zero-order valence-electron chi connectivity index (χ0n) is 10.4. The summed E-state index contributed by atoms with van der Waals surface area (Å²) < 4.78 is 18.0. The van der Waals surface area contributed by atoms with Crippen molar-refractivity contribution in [3.63, 3.8) is 0 Å². The van der Waals surface area contributed by atoms with E-state index in [1.54, 1.807) is 25.1 Å². The molecule has 1 aromatic rings. The number of thiol groups is 1. The average molecular weight is 282 g/mol. The Morgan fingerprint density at radius 3 is 2.84 bits per heavy atom. The van der Waals surface area contributed by atoms with Crippen LogP contribution in [0.5, 0.6) is 0 Å². The summed E-state index contributed by atoms with van der Waals surface area (Å²) in [6.45, 7) is 2.09. The van der Waals surface area contributed by atoms with Gasteiger partial charge in [-0.2, -0.15) is 0 Å². The van der Waals surface area contributed by atoms with Gasteiger partial charge in [-0.3, -0.25) is 5.41 Å². The fraction of sp³-hybridized carbons (Fsp3) is 0.231. The third kappa shape index (κ3) is 5.13. The number of halogens is 1. The zero-order valence-corrected chi connectivity index (χ0v) is 11.3. The van der Waals surface area contributed by atoms with E-state index in [1.165, 1.54) is 12.1 Å². The molecular weight excluding hydrogens is 267 g/mol. The number of esters is 1. The molecule has 0 saturated heterocycles. The Labute approximate surface area is 116 Å². The van der Waals surface area contributed by atoms with Crippen LogP contribution in [0.4, 0.5) is 4.39 Å². The minimum atomic E-state index is -0.721. The largest absolute Gasteiger partial charge is 0.461 e. The van der Waals surface area contributed by atoms with Crippen LogP contribution in [0.1, 0.15) is 12.5 Å². The summed E-state index contributed by atoms with van der Waals surface area (Å²) in [7, 11) is 0. The van der Waals surface area contributed by atoms with Crippen LogP contribution in [0.3, 0.4) is 0 Å². The van der Waals surface area contributed by atoms with Crippen LogP contribution in [0.25, 0.3) is 0 Å². The second kappa shape index (κ2) is 7.58. The summed E-state index contributed by atoms with van der Waals surface area (Å²) in [6, 6.07) is 6.33. The highest BCUT2D eigenvalue weighted by atomic mass is 32.1. The van der Waals surface area contributed by atoms with Gasteiger partial charge in [0, 0.05) is 18.2 Å². The molecule has 1 aromatic carbocycles. The number of carbonyl (C=O) groups is 1. The van der Waals surface area contributed by atoms with Gasteiger partial charge in [0.25, 0.3) is 0 Å². The summed E-state index contributed by atoms with van der Waals surface area (Å²) in [6.07, 6.45) is 1.22. The van der Waals surface area contributed by atoms with Crippen molar-refractivity contribution in [2.75, 3.05) is 6.61 Å². The van der Waals surface area contributed by atoms with Crippen molar-refractivity contribution in [2.24, 2.45) is 0 Å². The number of rotatable bonds is 6. The molecule has 0 unspecified atom stereocenters. The molecule has 0 fully saturated rings. The predicted molar refractivity (Wildman–Crippen MR) is 74.7 cm³/mol. The Hall–Kier alpha value is -1.82. The first-order valence-electron chi connectivity index (χ1n) is 5.68. The Kier molecular flexibility index (Phi) is 6.08. The highest BCUT2D eigenvalue weighted by Gasteiger charge is 2.08. The van der Waals surface area contributed by atoms with Gasteiger partial charge in [0.2, 0.25) is 0 Å². The summed E-state index contributed by atoms with van der Waals surface area (Å²) in [5, 5.41) is 10.5. The van der Waals surface area contributed by atoms with Gasteiger partial charge in [0.15, 0.2) is 0 Å². The van der Waals surface area contributed by atoms with Gasteiger partial charge in [-0.1, -0.05) is 18.2 Å². The maximum absolute atomic E-state index is 13.3. The standard InChI is InChI=1S/C13H15FN2O2S/c1-2-18-13(17)11(15)7-12(19)16-8-9-5-3-4-6-10(9)14/h3-7,15-16,19H,2,8H2,1H3/b12-7+,15-11?. The second-order valence-corrected chi connectivity index (χ2v) is 4.09. The van der Waals surface area contributed by atoms with Crippen molar-refractivity contribution >= 4 is 24.3 Å². The van der Waals surface area contributed by atoms with Crippen molar-refractivity contribution in [1.82, 2.24) is 5.32 Å². The van der Waals surface area contributed by atoms with E-state index >= 15 is 0 Å². The van der Waals surface area contributed by atoms with Gasteiger partial charge in [-0.25, -0.2) is 9.18 Å². The van der Waals surface area contributed by atoms with Crippen LogP contribution in [-0.2, 0) is 16.1 Å². The summed E-state index contributed by atoms with van der Waals surface area (Å²) in [5.41, 5.74) is 0.165. The molecule has 0 saturated carbocycles. The van der Waals surface area contributed by atoms with Crippen molar-refractivity contribution in [2.45, 2.75) is 13.5 Å². The minimum Gasteiger partial charge on any atom is -0.461 e. The van der Waals surface area contributed by atoms with E-state index in [1.807, 2.05) is 0 Å². The lowest BCUT2D eigenvalue weighted by molar-refractivity contribution is -0.135. The lowest BCUT2D eigenvalue weighted by atomic mass is 10.2. The molecule has 0 aliphatic carbocycles. The van der Waals surface area contributed by atoms with Gasteiger partial charge >= 0.3 is 5.97 Å². The first-order valence-corrected chi connectivity index (χ1v) is 6.13. The fourth-order valence-electron chi connectivity index (χ4n) is 1.28. The monoisotopic (exact) mass is 282 g/mol. The van der Waals surface area contributed by atoms with Crippen LogP contribution in [0.15, 0.2) is 35.4 Å². The van der Waals surface area contributed by atoms with Gasteiger partial charge in [-0.15, -0.1) is 12.6 Å². The molecular formula is C13H15FN2O2S. The average Bonchev–Trinajstić information content (AvgIpc) is 2.38. The smallest absolute Gasteiger partial charge is 0.356 e. The van der Waals surface area contributed by atoms with E-state index < -0.39 is 5.97 Å². The highest BCUT2D eigenvalue weighted by Crippen LogP contribution is 2.07. The van der Waals surface area contributed by atoms with Crippen LogP contribution in [0.2, 0.25) is 0 Å². The molecule has 0 heterocycles. The molecule has 19 heavy (non-hydrogen) atoms. The number of carbonyl (C=O) groups excluding carboxylic acids is 1. The van der Waals surface area contributed by atoms with E-state index in [4.69, 9.17) is 5.41 Å². The van der Waals surface area contributed by atoms with Crippen LogP contribution >= 0.6 is 12.6 Å². The molecule has 0 amide bonds. The van der Waals surface area contributed by atoms with Crippen molar-refractivity contribution in [3.05, 3.63) is 46.8 Å². The minimum absolute atomic E-state index is 0.208. The quantitative estimate of drug-likeness (QED) is 0.426. The van der Waals surface area contributed by atoms with Crippen LogP contribution < -0.4 is 5.32 Å². The molecule has 0 spiro atoms. The Bertz CT molecular complexity index is 503. The van der Waals surface area contributed by atoms with Crippen molar-refractivity contribution < 1.29 is 13.9 Å². The van der Waals surface area contributed by atoms with E-state index in [0.29, 0.717) is 10.6 Å². The molecule has 0 atom stereocenters. The molecule has 4 nitrogen and oxygen atoms in total. The zero-order chi connectivity index (χ0) is 14.3. The number of nitrogens with one attached hydrogen (secondary N) is 2. The summed E-state index contributed by atoms with van der Waals surface area (Å²) in [4.78, 5) is 11.2. The molecule has 2 N–H and O–H groups in total. The van der Waals surface area contributed by atoms with Gasteiger partial charge in [0.05, 0.1) is 11.6 Å². The van der Waals surface area contributed by atoms with Crippen LogP contribution in [-0.4, -0.2) is 18.3 Å². The Morgan fingerprint density at radius 2 is 2.21 bits per heavy atom. The SMILES string of the molecule is CCOC(=O)C(=N)/C=C(/S)NCc1ccccc1F. The number of ether oxygens (including phenoxy) is 1. The van der Waals surface area contributed by atoms with Gasteiger partial charge < -0.3 is 10.1 Å². The van der Waals surface area contributed by atoms with Crippen molar-refractivity contribution in [1.29, 1.82) is 5.41 Å². The molecule has 0 aliphatic rings. The van der Waals surface area contributed by atoms with Gasteiger partial charge in [0.1, 0.15) is 11.5 Å². The van der Waals surface area contributed by atoms with Crippen LogP contribution in [0, 0.1) is 11.2 Å². The van der Waals surface area contributed by atoms with Gasteiger partial charge in [-0.05, 0) is 13.0 Å². The molecule has 102 valence electrons. The summed E-state index contributed by atoms with van der Waals surface area (Å²) >= 11 is 4.08. The molecule has 0 radical (unpaired) electrons. The number of hydrogen-bond acceptors (Lipinski definition) is 5. The maximum Gasteiger partial charge on any atom is 0.356 e. The Morgan fingerprint density at radius 1 is 1.53 bits per heavy atom. The molecule has 0 aliphatic heterocycles.